The lowest BCUT2D eigenvalue weighted by molar-refractivity contribution is -0.122. The number of aromatic nitrogens is 1. The van der Waals surface area contributed by atoms with Gasteiger partial charge in [-0.15, -0.1) is 0 Å². The third-order valence-corrected chi connectivity index (χ3v) is 4.16. The number of aromatic amines is 1. The molecular formula is C17H23N3O2. The van der Waals surface area contributed by atoms with Gasteiger partial charge in [-0.1, -0.05) is 18.2 Å². The van der Waals surface area contributed by atoms with Gasteiger partial charge in [-0.2, -0.15) is 0 Å². The second-order valence-electron chi connectivity index (χ2n) is 5.84. The maximum absolute atomic E-state index is 11.9. The largest absolute Gasteiger partial charge is 0.378 e. The summed E-state index contributed by atoms with van der Waals surface area (Å²) in [6.45, 7) is 4.94. The highest BCUT2D eigenvalue weighted by Gasteiger charge is 2.16. The Morgan fingerprint density at radius 3 is 3.18 bits per heavy atom. The van der Waals surface area contributed by atoms with Gasteiger partial charge in [-0.3, -0.25) is 4.79 Å². The van der Waals surface area contributed by atoms with Gasteiger partial charge in [0.2, 0.25) is 5.91 Å². The average Bonchev–Trinajstić information content (AvgIpc) is 2.93. The fourth-order valence-corrected chi connectivity index (χ4v) is 2.95. The maximum atomic E-state index is 11.9. The van der Waals surface area contributed by atoms with Gasteiger partial charge in [-0.05, 0) is 24.5 Å². The van der Waals surface area contributed by atoms with Gasteiger partial charge in [-0.25, -0.2) is 0 Å². The van der Waals surface area contributed by atoms with E-state index in [1.165, 1.54) is 22.0 Å². The topological polar surface area (TPSA) is 66.2 Å². The molecule has 0 bridgehead atoms. The van der Waals surface area contributed by atoms with Crippen LogP contribution < -0.4 is 10.6 Å². The zero-order chi connectivity index (χ0) is 15.4. The first-order valence-corrected chi connectivity index (χ1v) is 7.87. The molecule has 1 aromatic carbocycles. The van der Waals surface area contributed by atoms with Crippen molar-refractivity contribution in [1.29, 1.82) is 0 Å². The lowest BCUT2D eigenvalue weighted by Gasteiger charge is -2.23. The van der Waals surface area contributed by atoms with Crippen LogP contribution in [0.1, 0.15) is 17.5 Å². The van der Waals surface area contributed by atoms with E-state index >= 15 is 0 Å². The molecule has 1 atom stereocenters. The molecule has 3 N–H and O–H groups in total. The van der Waals surface area contributed by atoms with Crippen molar-refractivity contribution in [2.45, 2.75) is 25.8 Å². The van der Waals surface area contributed by atoms with Gasteiger partial charge in [0.05, 0.1) is 13.2 Å². The van der Waals surface area contributed by atoms with Crippen molar-refractivity contribution in [2.24, 2.45) is 0 Å². The summed E-state index contributed by atoms with van der Waals surface area (Å²) in [5.74, 6) is 0.0824. The number of carbonyl (C=O) groups excluding carboxylic acids is 1. The van der Waals surface area contributed by atoms with Crippen LogP contribution in [0.25, 0.3) is 10.9 Å². The minimum Gasteiger partial charge on any atom is -0.378 e. The minimum atomic E-state index is 0.0824. The van der Waals surface area contributed by atoms with Crippen molar-refractivity contribution in [3.8, 4) is 0 Å². The molecule has 0 aliphatic carbocycles. The van der Waals surface area contributed by atoms with Crippen molar-refractivity contribution >= 4 is 16.8 Å². The number of hydrogen-bond donors (Lipinski definition) is 3. The number of amides is 1. The van der Waals surface area contributed by atoms with Gasteiger partial charge in [0.1, 0.15) is 0 Å². The van der Waals surface area contributed by atoms with Crippen molar-refractivity contribution in [3.63, 3.8) is 0 Å². The average molecular weight is 301 g/mol. The molecule has 1 aromatic heterocycles. The predicted octanol–water partition coefficient (Wildman–Crippen LogP) is 1.51. The Hall–Kier alpha value is -1.85. The SMILES string of the molecule is Cc1cccc2c(CCNC(=O)CC3COCCN3)c[nH]c12. The summed E-state index contributed by atoms with van der Waals surface area (Å²) in [6.07, 6.45) is 3.36. The third-order valence-electron chi connectivity index (χ3n) is 4.16. The molecule has 1 aliphatic heterocycles. The number of benzene rings is 1. The molecule has 1 saturated heterocycles. The number of nitrogens with one attached hydrogen (secondary N) is 3. The Labute approximate surface area is 130 Å². The smallest absolute Gasteiger partial charge is 0.221 e. The number of ether oxygens (including phenoxy) is 1. The number of hydrogen-bond acceptors (Lipinski definition) is 3. The normalized spacial score (nSPS) is 18.5. The number of carbonyl (C=O) groups is 1. The number of H-pyrrole nitrogens is 1. The van der Waals surface area contributed by atoms with Crippen LogP contribution in [0.4, 0.5) is 0 Å². The van der Waals surface area contributed by atoms with Crippen LogP contribution in [0.2, 0.25) is 0 Å². The van der Waals surface area contributed by atoms with E-state index in [4.69, 9.17) is 4.74 Å². The van der Waals surface area contributed by atoms with Gasteiger partial charge in [0.25, 0.3) is 0 Å². The van der Waals surface area contributed by atoms with E-state index in [0.717, 1.165) is 19.6 Å². The second kappa shape index (κ2) is 6.94. The lowest BCUT2D eigenvalue weighted by Crippen LogP contribution is -2.44. The zero-order valence-corrected chi connectivity index (χ0v) is 12.9. The van der Waals surface area contributed by atoms with E-state index < -0.39 is 0 Å². The molecule has 22 heavy (non-hydrogen) atoms. The number of para-hydroxylation sites is 1. The first-order chi connectivity index (χ1) is 10.7. The summed E-state index contributed by atoms with van der Waals surface area (Å²) in [5, 5.41) is 7.54. The minimum absolute atomic E-state index is 0.0824. The van der Waals surface area contributed by atoms with E-state index in [9.17, 15) is 4.79 Å². The summed E-state index contributed by atoms with van der Waals surface area (Å²) in [7, 11) is 0. The Balaban J connectivity index is 1.49. The Kier molecular flexibility index (Phi) is 4.75. The van der Waals surface area contributed by atoms with Crippen LogP contribution in [-0.2, 0) is 16.0 Å². The Morgan fingerprint density at radius 2 is 2.36 bits per heavy atom. The van der Waals surface area contributed by atoms with Crippen molar-refractivity contribution < 1.29 is 9.53 Å². The van der Waals surface area contributed by atoms with Crippen molar-refractivity contribution in [3.05, 3.63) is 35.5 Å². The maximum Gasteiger partial charge on any atom is 0.221 e. The Bertz CT molecular complexity index is 644. The molecule has 118 valence electrons. The third kappa shape index (κ3) is 3.48. The molecular weight excluding hydrogens is 278 g/mol. The Morgan fingerprint density at radius 1 is 1.45 bits per heavy atom. The van der Waals surface area contributed by atoms with E-state index in [1.807, 2.05) is 6.20 Å². The molecule has 1 unspecified atom stereocenters. The fraction of sp³-hybridized carbons (Fsp3) is 0.471. The van der Waals surface area contributed by atoms with Crippen LogP contribution >= 0.6 is 0 Å². The molecule has 1 amide bonds. The highest BCUT2D eigenvalue weighted by molar-refractivity contribution is 5.86. The highest BCUT2D eigenvalue weighted by atomic mass is 16.5. The zero-order valence-electron chi connectivity index (χ0n) is 12.9. The van der Waals surface area contributed by atoms with Crippen LogP contribution in [0.3, 0.4) is 0 Å². The van der Waals surface area contributed by atoms with Gasteiger partial charge in [0.15, 0.2) is 0 Å². The second-order valence-corrected chi connectivity index (χ2v) is 5.84. The number of aryl methyl sites for hydroxylation is 1. The molecule has 0 saturated carbocycles. The molecule has 0 spiro atoms. The van der Waals surface area contributed by atoms with E-state index in [-0.39, 0.29) is 11.9 Å². The molecule has 0 radical (unpaired) electrons. The first kappa shape index (κ1) is 15.1. The first-order valence-electron chi connectivity index (χ1n) is 7.87. The summed E-state index contributed by atoms with van der Waals surface area (Å²) in [5.41, 5.74) is 3.68. The molecule has 3 rings (SSSR count). The standard InChI is InChI=1S/C17H23N3O2/c1-12-3-2-4-15-13(10-20-17(12)15)5-6-19-16(21)9-14-11-22-8-7-18-14/h2-4,10,14,18,20H,5-9,11H2,1H3,(H,19,21). The van der Waals surface area contributed by atoms with Gasteiger partial charge < -0.3 is 20.4 Å². The molecule has 2 aromatic rings. The van der Waals surface area contributed by atoms with E-state index in [2.05, 4.69) is 40.7 Å². The van der Waals surface area contributed by atoms with Crippen LogP contribution in [-0.4, -0.2) is 43.2 Å². The number of rotatable bonds is 5. The van der Waals surface area contributed by atoms with E-state index in [0.29, 0.717) is 19.6 Å². The number of fused-ring (bicyclic) bond motifs is 1. The van der Waals surface area contributed by atoms with Gasteiger partial charge >= 0.3 is 0 Å². The van der Waals surface area contributed by atoms with Crippen LogP contribution in [0.15, 0.2) is 24.4 Å². The summed E-state index contributed by atoms with van der Waals surface area (Å²) >= 11 is 0. The fourth-order valence-electron chi connectivity index (χ4n) is 2.95. The van der Waals surface area contributed by atoms with Gasteiger partial charge in [0, 0.05) is 42.7 Å². The monoisotopic (exact) mass is 301 g/mol. The summed E-state index contributed by atoms with van der Waals surface area (Å²) in [6, 6.07) is 6.44. The molecule has 2 heterocycles. The number of morpholine rings is 1. The van der Waals surface area contributed by atoms with E-state index in [1.54, 1.807) is 0 Å². The molecule has 5 nitrogen and oxygen atoms in total. The summed E-state index contributed by atoms with van der Waals surface area (Å²) in [4.78, 5) is 15.3. The molecule has 1 aliphatic rings. The molecule has 5 heteroatoms. The predicted molar refractivity (Wildman–Crippen MR) is 87.0 cm³/mol. The van der Waals surface area contributed by atoms with Crippen molar-refractivity contribution in [1.82, 2.24) is 15.6 Å². The quantitative estimate of drug-likeness (QED) is 0.784. The highest BCUT2D eigenvalue weighted by Crippen LogP contribution is 2.21. The van der Waals surface area contributed by atoms with Crippen LogP contribution in [0, 0.1) is 6.92 Å². The lowest BCUT2D eigenvalue weighted by atomic mass is 10.1. The van der Waals surface area contributed by atoms with Crippen LogP contribution in [0.5, 0.6) is 0 Å². The molecule has 1 fully saturated rings. The van der Waals surface area contributed by atoms with Crippen molar-refractivity contribution in [2.75, 3.05) is 26.3 Å². The summed E-state index contributed by atoms with van der Waals surface area (Å²) < 4.78 is 5.36.